The van der Waals surface area contributed by atoms with E-state index in [1.807, 2.05) is 6.07 Å². The zero-order valence-corrected chi connectivity index (χ0v) is 11.4. The molecular formula is C13H21ClN2O. The Bertz CT molecular complexity index is 320. The highest BCUT2D eigenvalue weighted by molar-refractivity contribution is 6.17. The molecule has 4 heteroatoms. The number of ether oxygens (including phenoxy) is 1. The van der Waals surface area contributed by atoms with Gasteiger partial charge in [0.1, 0.15) is 0 Å². The van der Waals surface area contributed by atoms with Crippen LogP contribution in [-0.4, -0.2) is 36.5 Å². The average Bonchev–Trinajstić information content (AvgIpc) is 2.35. The molecule has 0 saturated carbocycles. The molecule has 0 aliphatic carbocycles. The SMILES string of the molecule is COc1ncccc1CN(C)CCCCCCl. The first kappa shape index (κ1) is 14.3. The van der Waals surface area contributed by atoms with Crippen LogP contribution in [0.3, 0.4) is 0 Å². The van der Waals surface area contributed by atoms with E-state index >= 15 is 0 Å². The van der Waals surface area contributed by atoms with Crippen molar-refractivity contribution in [3.63, 3.8) is 0 Å². The predicted octanol–water partition coefficient (Wildman–Crippen LogP) is 2.93. The third-order valence-corrected chi connectivity index (χ3v) is 2.92. The van der Waals surface area contributed by atoms with Crippen molar-refractivity contribution in [1.29, 1.82) is 0 Å². The Morgan fingerprint density at radius 3 is 2.88 bits per heavy atom. The van der Waals surface area contributed by atoms with E-state index in [4.69, 9.17) is 16.3 Å². The lowest BCUT2D eigenvalue weighted by molar-refractivity contribution is 0.307. The number of halogens is 1. The molecular weight excluding hydrogens is 236 g/mol. The molecule has 0 bridgehead atoms. The van der Waals surface area contributed by atoms with E-state index in [0.29, 0.717) is 0 Å². The van der Waals surface area contributed by atoms with E-state index in [-0.39, 0.29) is 0 Å². The van der Waals surface area contributed by atoms with Crippen LogP contribution < -0.4 is 4.74 Å². The fourth-order valence-corrected chi connectivity index (χ4v) is 1.94. The molecule has 1 rings (SSSR count). The topological polar surface area (TPSA) is 25.4 Å². The van der Waals surface area contributed by atoms with E-state index < -0.39 is 0 Å². The third-order valence-electron chi connectivity index (χ3n) is 2.66. The van der Waals surface area contributed by atoms with E-state index in [1.165, 1.54) is 12.8 Å². The summed E-state index contributed by atoms with van der Waals surface area (Å²) in [5.74, 6) is 1.49. The van der Waals surface area contributed by atoms with Gasteiger partial charge in [-0.1, -0.05) is 12.5 Å². The minimum Gasteiger partial charge on any atom is -0.481 e. The highest BCUT2D eigenvalue weighted by atomic mass is 35.5. The Morgan fingerprint density at radius 2 is 2.18 bits per heavy atom. The Labute approximate surface area is 109 Å². The van der Waals surface area contributed by atoms with Crippen LogP contribution in [0.15, 0.2) is 18.3 Å². The van der Waals surface area contributed by atoms with Gasteiger partial charge in [0.05, 0.1) is 7.11 Å². The van der Waals surface area contributed by atoms with Crippen LogP contribution in [0.4, 0.5) is 0 Å². The molecule has 3 nitrogen and oxygen atoms in total. The fraction of sp³-hybridized carbons (Fsp3) is 0.615. The van der Waals surface area contributed by atoms with E-state index in [0.717, 1.165) is 36.8 Å². The van der Waals surface area contributed by atoms with Crippen molar-refractivity contribution >= 4 is 11.6 Å². The Morgan fingerprint density at radius 1 is 1.35 bits per heavy atom. The number of pyridine rings is 1. The number of hydrogen-bond acceptors (Lipinski definition) is 3. The van der Waals surface area contributed by atoms with Crippen LogP contribution in [0.2, 0.25) is 0 Å². The van der Waals surface area contributed by atoms with Crippen LogP contribution in [0.5, 0.6) is 5.88 Å². The zero-order valence-electron chi connectivity index (χ0n) is 10.7. The molecule has 1 aromatic rings. The summed E-state index contributed by atoms with van der Waals surface area (Å²) >= 11 is 5.65. The van der Waals surface area contributed by atoms with Gasteiger partial charge in [-0.05, 0) is 32.5 Å². The van der Waals surface area contributed by atoms with Crippen molar-refractivity contribution in [1.82, 2.24) is 9.88 Å². The quantitative estimate of drug-likeness (QED) is 0.528. The van der Waals surface area contributed by atoms with E-state index in [9.17, 15) is 0 Å². The van der Waals surface area contributed by atoms with Crippen molar-refractivity contribution in [3.8, 4) is 5.88 Å². The molecule has 0 N–H and O–H groups in total. The number of unbranched alkanes of at least 4 members (excludes halogenated alkanes) is 2. The predicted molar refractivity (Wildman–Crippen MR) is 71.7 cm³/mol. The number of alkyl halides is 1. The van der Waals surface area contributed by atoms with Crippen LogP contribution in [0, 0.1) is 0 Å². The minimum absolute atomic E-state index is 0.722. The fourth-order valence-electron chi connectivity index (χ4n) is 1.75. The molecule has 1 aromatic heterocycles. The molecule has 0 aliphatic rings. The highest BCUT2D eigenvalue weighted by Gasteiger charge is 2.06. The van der Waals surface area contributed by atoms with Crippen molar-refractivity contribution in [3.05, 3.63) is 23.9 Å². The smallest absolute Gasteiger partial charge is 0.217 e. The average molecular weight is 257 g/mol. The molecule has 0 aliphatic heterocycles. The maximum absolute atomic E-state index is 5.65. The van der Waals surface area contributed by atoms with E-state index in [2.05, 4.69) is 23.0 Å². The van der Waals surface area contributed by atoms with Gasteiger partial charge in [0.2, 0.25) is 5.88 Å². The maximum atomic E-state index is 5.65. The molecule has 0 aromatic carbocycles. The standard InChI is InChI=1S/C13H21ClN2O/c1-16(10-5-3-4-8-14)11-12-7-6-9-15-13(12)17-2/h6-7,9H,3-5,8,10-11H2,1-2H3. The monoisotopic (exact) mass is 256 g/mol. The van der Waals surface area contributed by atoms with Gasteiger partial charge in [-0.3, -0.25) is 0 Å². The summed E-state index contributed by atoms with van der Waals surface area (Å²) in [5.41, 5.74) is 1.13. The van der Waals surface area contributed by atoms with Crippen LogP contribution >= 0.6 is 11.6 Å². The number of rotatable bonds is 8. The summed E-state index contributed by atoms with van der Waals surface area (Å²) in [6, 6.07) is 4.00. The van der Waals surface area contributed by atoms with Crippen LogP contribution in [0.25, 0.3) is 0 Å². The molecule has 0 saturated heterocycles. The second kappa shape index (κ2) is 8.31. The summed E-state index contributed by atoms with van der Waals surface area (Å²) in [7, 11) is 3.78. The molecule has 0 amide bonds. The second-order valence-electron chi connectivity index (χ2n) is 4.16. The lowest BCUT2D eigenvalue weighted by atomic mass is 10.2. The first-order chi connectivity index (χ1) is 8.27. The van der Waals surface area contributed by atoms with Crippen LogP contribution in [-0.2, 0) is 6.54 Å². The van der Waals surface area contributed by atoms with Gasteiger partial charge in [-0.15, -0.1) is 11.6 Å². The summed E-state index contributed by atoms with van der Waals surface area (Å²) in [6.07, 6.45) is 5.23. The Hall–Kier alpha value is -0.800. The summed E-state index contributed by atoms with van der Waals surface area (Å²) in [4.78, 5) is 6.48. The number of aromatic nitrogens is 1. The molecule has 96 valence electrons. The molecule has 1 heterocycles. The van der Waals surface area contributed by atoms with Crippen molar-refractivity contribution in [2.24, 2.45) is 0 Å². The van der Waals surface area contributed by atoms with Crippen molar-refractivity contribution in [2.45, 2.75) is 25.8 Å². The number of hydrogen-bond donors (Lipinski definition) is 0. The molecule has 0 radical (unpaired) electrons. The van der Waals surface area contributed by atoms with Gasteiger partial charge in [0.25, 0.3) is 0 Å². The van der Waals surface area contributed by atoms with Crippen molar-refractivity contribution < 1.29 is 4.74 Å². The second-order valence-corrected chi connectivity index (χ2v) is 4.54. The van der Waals surface area contributed by atoms with Gasteiger partial charge in [-0.25, -0.2) is 4.98 Å². The first-order valence-electron chi connectivity index (χ1n) is 6.00. The van der Waals surface area contributed by atoms with E-state index in [1.54, 1.807) is 13.3 Å². The third kappa shape index (κ3) is 5.37. The number of methoxy groups -OCH3 is 1. The summed E-state index contributed by atoms with van der Waals surface area (Å²) < 4.78 is 5.23. The maximum Gasteiger partial charge on any atom is 0.217 e. The normalized spacial score (nSPS) is 10.8. The minimum atomic E-state index is 0.722. The van der Waals surface area contributed by atoms with Crippen molar-refractivity contribution in [2.75, 3.05) is 26.6 Å². The molecule has 0 spiro atoms. The van der Waals surface area contributed by atoms with Crippen LogP contribution in [0.1, 0.15) is 24.8 Å². The highest BCUT2D eigenvalue weighted by Crippen LogP contribution is 2.15. The van der Waals surface area contributed by atoms with Gasteiger partial charge in [-0.2, -0.15) is 0 Å². The lowest BCUT2D eigenvalue weighted by Crippen LogP contribution is -2.19. The zero-order chi connectivity index (χ0) is 12.5. The molecule has 0 atom stereocenters. The van der Waals surface area contributed by atoms with Gasteiger partial charge >= 0.3 is 0 Å². The lowest BCUT2D eigenvalue weighted by Gasteiger charge is -2.17. The Balaban J connectivity index is 2.36. The molecule has 0 unspecified atom stereocenters. The van der Waals surface area contributed by atoms with Gasteiger partial charge in [0.15, 0.2) is 0 Å². The Kier molecular flexibility index (Phi) is 6.97. The van der Waals surface area contributed by atoms with Gasteiger partial charge in [0, 0.05) is 24.2 Å². The van der Waals surface area contributed by atoms with Gasteiger partial charge < -0.3 is 9.64 Å². The summed E-state index contributed by atoms with van der Waals surface area (Å²) in [6.45, 7) is 1.95. The number of nitrogens with zero attached hydrogens (tertiary/aromatic N) is 2. The molecule has 17 heavy (non-hydrogen) atoms. The summed E-state index contributed by atoms with van der Waals surface area (Å²) in [5, 5.41) is 0. The largest absolute Gasteiger partial charge is 0.481 e. The first-order valence-corrected chi connectivity index (χ1v) is 6.53. The molecule has 0 fully saturated rings.